The topological polar surface area (TPSA) is 76.1 Å². The van der Waals surface area contributed by atoms with E-state index in [4.69, 9.17) is 9.97 Å². The molecule has 1 aliphatic heterocycles. The molecule has 0 spiro atoms. The second kappa shape index (κ2) is 10.4. The quantitative estimate of drug-likeness (QED) is 0.190. The Morgan fingerprint density at radius 2 is 0.907 bits per heavy atom. The van der Waals surface area contributed by atoms with Crippen molar-refractivity contribution in [1.29, 1.82) is 0 Å². The molecule has 43 heavy (non-hydrogen) atoms. The molecular formula is C36H32N4O2Pt. The van der Waals surface area contributed by atoms with E-state index in [-0.39, 0.29) is 32.6 Å². The van der Waals surface area contributed by atoms with Crippen molar-refractivity contribution >= 4 is 0 Å². The molecular weight excluding hydrogens is 716 g/mol. The Morgan fingerprint density at radius 3 is 1.30 bits per heavy atom. The Hall–Kier alpha value is -4.41. The van der Waals surface area contributed by atoms with Gasteiger partial charge in [0, 0.05) is 61.4 Å². The van der Waals surface area contributed by atoms with Gasteiger partial charge in [-0.3, -0.25) is 9.13 Å². The summed E-state index contributed by atoms with van der Waals surface area (Å²) in [6, 6.07) is 31.6. The summed E-state index contributed by atoms with van der Waals surface area (Å²) in [5.41, 5.74) is 4.76. The predicted octanol–water partition coefficient (Wildman–Crippen LogP) is 7.77. The smallest absolute Gasteiger partial charge is 0.148 e. The van der Waals surface area contributed by atoms with E-state index in [0.717, 1.165) is 22.8 Å². The first kappa shape index (κ1) is 28.7. The van der Waals surface area contributed by atoms with Crippen molar-refractivity contribution in [3.63, 3.8) is 0 Å². The van der Waals surface area contributed by atoms with Gasteiger partial charge in [-0.15, -0.1) is 0 Å². The van der Waals surface area contributed by atoms with Crippen LogP contribution in [0.1, 0.15) is 50.2 Å². The summed E-state index contributed by atoms with van der Waals surface area (Å²) >= 11 is 0. The molecule has 0 saturated carbocycles. The Labute approximate surface area is 265 Å². The van der Waals surface area contributed by atoms with Gasteiger partial charge < -0.3 is 10.2 Å². The average molecular weight is 748 g/mol. The van der Waals surface area contributed by atoms with Crippen LogP contribution in [0.3, 0.4) is 0 Å². The molecule has 0 saturated heterocycles. The molecule has 7 heteroatoms. The van der Waals surface area contributed by atoms with Crippen LogP contribution in [-0.2, 0) is 31.9 Å². The summed E-state index contributed by atoms with van der Waals surface area (Å²) in [6.45, 7) is 8.25. The third-order valence-electron chi connectivity index (χ3n) is 8.66. The summed E-state index contributed by atoms with van der Waals surface area (Å²) in [6.07, 6.45) is 4.08. The van der Waals surface area contributed by atoms with Crippen LogP contribution in [0, 0.1) is 0 Å². The molecule has 0 unspecified atom stereocenters. The SMILES string of the molecule is CC1(C)c2cn(-c3ccccc3)c(n2)-c2cccc(c2O)C(C)(C)c2cccc(c2O)-c2nc1cn2-c1ccccc1.[Pt]. The molecule has 0 fully saturated rings. The van der Waals surface area contributed by atoms with Crippen molar-refractivity contribution in [3.8, 4) is 45.6 Å². The number of hydrogen-bond donors (Lipinski definition) is 2. The van der Waals surface area contributed by atoms with Gasteiger partial charge in [0.1, 0.15) is 23.1 Å². The molecule has 0 radical (unpaired) electrons. The van der Waals surface area contributed by atoms with E-state index in [0.29, 0.717) is 33.9 Å². The van der Waals surface area contributed by atoms with E-state index in [1.54, 1.807) is 0 Å². The van der Waals surface area contributed by atoms with Crippen LogP contribution in [0.4, 0.5) is 0 Å². The Morgan fingerprint density at radius 1 is 0.512 bits per heavy atom. The standard InChI is InChI=1S/C36H32N4O2.Pt/c1-35(2)27-19-11-17-25(31(27)41)33-37-29(21-39(33)23-13-7-5-8-14-23)36(3,4)30-22-40(24-15-9-6-10-16-24)34(38-30)26-18-12-20-28(35)32(26)42;/h5-22,41-42H,1-4H3;. The number of phenolic OH excluding ortho intramolecular Hbond substituents is 2. The van der Waals surface area contributed by atoms with Crippen molar-refractivity contribution in [2.45, 2.75) is 38.5 Å². The van der Waals surface area contributed by atoms with Crippen LogP contribution in [0.5, 0.6) is 11.5 Å². The van der Waals surface area contributed by atoms with Crippen molar-refractivity contribution in [2.75, 3.05) is 0 Å². The number of para-hydroxylation sites is 4. The van der Waals surface area contributed by atoms with Crippen molar-refractivity contribution in [2.24, 2.45) is 0 Å². The number of rotatable bonds is 2. The normalized spacial score (nSPS) is 14.4. The number of hydrogen-bond acceptors (Lipinski definition) is 4. The Kier molecular flexibility index (Phi) is 6.93. The van der Waals surface area contributed by atoms with Crippen LogP contribution < -0.4 is 0 Å². The Balaban J connectivity index is 0.00000329. The largest absolute Gasteiger partial charge is 0.507 e. The summed E-state index contributed by atoms with van der Waals surface area (Å²) in [4.78, 5) is 10.4. The zero-order valence-electron chi connectivity index (χ0n) is 24.4. The molecule has 6 nitrogen and oxygen atoms in total. The molecule has 0 amide bonds. The minimum Gasteiger partial charge on any atom is -0.507 e. The van der Waals surface area contributed by atoms with Crippen LogP contribution in [0.25, 0.3) is 34.2 Å². The second-order valence-corrected chi connectivity index (χ2v) is 12.0. The van der Waals surface area contributed by atoms with E-state index in [1.165, 1.54) is 0 Å². The van der Waals surface area contributed by atoms with Gasteiger partial charge in [0.15, 0.2) is 0 Å². The van der Waals surface area contributed by atoms with Gasteiger partial charge in [0.25, 0.3) is 0 Å². The van der Waals surface area contributed by atoms with Gasteiger partial charge in [-0.05, 0) is 50.2 Å². The average Bonchev–Trinajstić information content (AvgIpc) is 3.64. The monoisotopic (exact) mass is 747 g/mol. The third kappa shape index (κ3) is 4.44. The number of aromatic nitrogens is 4. The summed E-state index contributed by atoms with van der Waals surface area (Å²) in [5, 5.41) is 23.8. The number of fused-ring (bicyclic) bond motifs is 10. The van der Waals surface area contributed by atoms with Crippen molar-refractivity contribution < 1.29 is 31.3 Å². The molecule has 6 aromatic rings. The van der Waals surface area contributed by atoms with Gasteiger partial charge >= 0.3 is 0 Å². The van der Waals surface area contributed by atoms with E-state index < -0.39 is 10.8 Å². The predicted molar refractivity (Wildman–Crippen MR) is 166 cm³/mol. The van der Waals surface area contributed by atoms with E-state index in [9.17, 15) is 10.2 Å². The van der Waals surface area contributed by atoms with Crippen LogP contribution in [-0.4, -0.2) is 29.3 Å². The maximum Gasteiger partial charge on any atom is 0.148 e. The number of nitrogens with zero attached hydrogens (tertiary/aromatic N) is 4. The van der Waals surface area contributed by atoms with Crippen molar-refractivity contribution in [3.05, 3.63) is 132 Å². The van der Waals surface area contributed by atoms with Gasteiger partial charge in [0.05, 0.1) is 27.9 Å². The fourth-order valence-electron chi connectivity index (χ4n) is 6.05. The first-order valence-electron chi connectivity index (χ1n) is 14.1. The number of aromatic hydroxyl groups is 2. The molecule has 2 N–H and O–H groups in total. The Bertz CT molecular complexity index is 1820. The number of phenols is 2. The molecule has 7 rings (SSSR count). The number of imidazole rings is 2. The van der Waals surface area contributed by atoms with Gasteiger partial charge in [0.2, 0.25) is 0 Å². The van der Waals surface area contributed by atoms with E-state index >= 15 is 0 Å². The molecule has 4 aromatic carbocycles. The fraction of sp³-hybridized carbons (Fsp3) is 0.167. The minimum atomic E-state index is -0.746. The van der Waals surface area contributed by atoms with Gasteiger partial charge in [-0.2, -0.15) is 0 Å². The molecule has 3 heterocycles. The van der Waals surface area contributed by atoms with Crippen LogP contribution in [0.15, 0.2) is 109 Å². The number of benzene rings is 4. The first-order valence-corrected chi connectivity index (χ1v) is 14.1. The molecule has 0 atom stereocenters. The second-order valence-electron chi connectivity index (χ2n) is 12.0. The first-order chi connectivity index (χ1) is 20.2. The maximum absolute atomic E-state index is 11.9. The zero-order valence-corrected chi connectivity index (χ0v) is 26.7. The fourth-order valence-corrected chi connectivity index (χ4v) is 6.05. The van der Waals surface area contributed by atoms with E-state index in [1.807, 2.05) is 132 Å². The van der Waals surface area contributed by atoms with Crippen LogP contribution >= 0.6 is 0 Å². The van der Waals surface area contributed by atoms with Gasteiger partial charge in [-0.25, -0.2) is 9.97 Å². The molecule has 2 aromatic heterocycles. The molecule has 1 aliphatic rings. The van der Waals surface area contributed by atoms with Gasteiger partial charge in [-0.1, -0.05) is 74.5 Å². The molecule has 0 aliphatic carbocycles. The summed E-state index contributed by atoms with van der Waals surface area (Å²) in [5.74, 6) is 1.55. The maximum atomic E-state index is 11.9. The van der Waals surface area contributed by atoms with Crippen LogP contribution in [0.2, 0.25) is 0 Å². The summed E-state index contributed by atoms with van der Waals surface area (Å²) in [7, 11) is 0. The molecule has 8 bridgehead atoms. The van der Waals surface area contributed by atoms with Crippen molar-refractivity contribution in [1.82, 2.24) is 19.1 Å². The molecule has 218 valence electrons. The zero-order chi connectivity index (χ0) is 29.2. The van der Waals surface area contributed by atoms with E-state index in [2.05, 4.69) is 13.8 Å². The summed E-state index contributed by atoms with van der Waals surface area (Å²) < 4.78 is 4.07. The third-order valence-corrected chi connectivity index (χ3v) is 8.66. The minimum absolute atomic E-state index is 0.